The zero-order chi connectivity index (χ0) is 20.8. The fraction of sp³-hybridized carbons (Fsp3) is 0.100. The molecule has 0 bridgehead atoms. The van der Waals surface area contributed by atoms with Gasteiger partial charge in [0.05, 0.1) is 31.7 Å². The number of H-pyrrole nitrogens is 1. The Morgan fingerprint density at radius 2 is 1.86 bits per heavy atom. The van der Waals surface area contributed by atoms with Gasteiger partial charge >= 0.3 is 5.97 Å². The van der Waals surface area contributed by atoms with Crippen LogP contribution in [0.25, 0.3) is 11.3 Å². The first-order valence-corrected chi connectivity index (χ1v) is 8.47. The summed E-state index contributed by atoms with van der Waals surface area (Å²) in [7, 11) is 3.08. The molecule has 0 spiro atoms. The maximum atomic E-state index is 12.3. The highest BCUT2D eigenvalue weighted by atomic mass is 16.5. The molecule has 0 aliphatic carbocycles. The predicted octanol–water partition coefficient (Wildman–Crippen LogP) is 2.56. The topological polar surface area (TPSA) is 126 Å². The molecule has 0 aliphatic rings. The highest BCUT2D eigenvalue weighted by Gasteiger charge is 2.13. The van der Waals surface area contributed by atoms with E-state index in [4.69, 9.17) is 14.6 Å². The molecule has 0 atom stereocenters. The average Bonchev–Trinajstić information content (AvgIpc) is 3.23. The van der Waals surface area contributed by atoms with Crippen LogP contribution in [0.1, 0.15) is 26.4 Å². The first kappa shape index (κ1) is 19.6. The molecule has 0 fully saturated rings. The van der Waals surface area contributed by atoms with Gasteiger partial charge in [-0.1, -0.05) is 18.2 Å². The Kier molecular flexibility index (Phi) is 5.88. The predicted molar refractivity (Wildman–Crippen MR) is 106 cm³/mol. The van der Waals surface area contributed by atoms with E-state index < -0.39 is 11.9 Å². The van der Waals surface area contributed by atoms with Gasteiger partial charge < -0.3 is 14.6 Å². The van der Waals surface area contributed by atoms with Crippen molar-refractivity contribution in [1.82, 2.24) is 15.6 Å². The van der Waals surface area contributed by atoms with E-state index in [1.165, 1.54) is 19.4 Å². The van der Waals surface area contributed by atoms with Crippen LogP contribution in [0, 0.1) is 0 Å². The summed E-state index contributed by atoms with van der Waals surface area (Å²) in [6.45, 7) is 0. The number of nitrogens with one attached hydrogen (secondary N) is 2. The van der Waals surface area contributed by atoms with Gasteiger partial charge in [-0.15, -0.1) is 0 Å². The summed E-state index contributed by atoms with van der Waals surface area (Å²) in [5.74, 6) is -0.471. The van der Waals surface area contributed by atoms with Gasteiger partial charge in [0.25, 0.3) is 5.91 Å². The number of aromatic amines is 1. The van der Waals surface area contributed by atoms with Gasteiger partial charge in [-0.3, -0.25) is 9.89 Å². The second-order valence-electron chi connectivity index (χ2n) is 5.83. The van der Waals surface area contributed by atoms with Gasteiger partial charge in [-0.2, -0.15) is 10.2 Å². The third-order valence-corrected chi connectivity index (χ3v) is 4.06. The molecule has 0 saturated carbocycles. The second-order valence-corrected chi connectivity index (χ2v) is 5.83. The maximum absolute atomic E-state index is 12.3. The minimum absolute atomic E-state index is 0.0859. The Morgan fingerprint density at radius 3 is 2.59 bits per heavy atom. The fourth-order valence-electron chi connectivity index (χ4n) is 2.61. The monoisotopic (exact) mass is 394 g/mol. The van der Waals surface area contributed by atoms with Crippen LogP contribution in [0.4, 0.5) is 0 Å². The molecule has 3 N–H and O–H groups in total. The van der Waals surface area contributed by atoms with Crippen molar-refractivity contribution >= 4 is 18.1 Å². The number of carbonyl (C=O) groups excluding carboxylic acids is 1. The van der Waals surface area contributed by atoms with E-state index in [1.807, 2.05) is 0 Å². The van der Waals surface area contributed by atoms with Crippen molar-refractivity contribution < 1.29 is 24.2 Å². The lowest BCUT2D eigenvalue weighted by atomic mass is 10.1. The van der Waals surface area contributed by atoms with Crippen LogP contribution < -0.4 is 14.9 Å². The molecule has 9 nitrogen and oxygen atoms in total. The van der Waals surface area contributed by atoms with E-state index in [-0.39, 0.29) is 11.3 Å². The van der Waals surface area contributed by atoms with Crippen molar-refractivity contribution in [2.75, 3.05) is 14.2 Å². The SMILES string of the molecule is COc1ccc(-c2cc(C(=O)N/N=C\c3ccccc3C(=O)O)[nH]n2)cc1OC. The Hall–Kier alpha value is -4.14. The number of hydrazone groups is 1. The molecular formula is C20H18N4O5. The minimum Gasteiger partial charge on any atom is -0.493 e. The maximum Gasteiger partial charge on any atom is 0.336 e. The molecule has 1 aromatic heterocycles. The highest BCUT2D eigenvalue weighted by molar-refractivity contribution is 5.99. The van der Waals surface area contributed by atoms with Gasteiger partial charge in [-0.05, 0) is 30.3 Å². The molecule has 0 saturated heterocycles. The van der Waals surface area contributed by atoms with Crippen LogP contribution in [0.3, 0.4) is 0 Å². The van der Waals surface area contributed by atoms with Crippen molar-refractivity contribution in [3.8, 4) is 22.8 Å². The summed E-state index contributed by atoms with van der Waals surface area (Å²) in [6, 6.07) is 13.2. The fourth-order valence-corrected chi connectivity index (χ4v) is 2.61. The summed E-state index contributed by atoms with van der Waals surface area (Å²) < 4.78 is 10.5. The molecule has 3 rings (SSSR count). The Labute approximate surface area is 166 Å². The first-order chi connectivity index (χ1) is 14.0. The van der Waals surface area contributed by atoms with Crippen LogP contribution in [0.2, 0.25) is 0 Å². The number of hydrogen-bond acceptors (Lipinski definition) is 6. The smallest absolute Gasteiger partial charge is 0.336 e. The summed E-state index contributed by atoms with van der Waals surface area (Å²) in [5.41, 5.74) is 4.26. The molecule has 2 aromatic carbocycles. The van der Waals surface area contributed by atoms with Crippen molar-refractivity contribution in [2.45, 2.75) is 0 Å². The number of benzene rings is 2. The van der Waals surface area contributed by atoms with E-state index in [0.29, 0.717) is 22.8 Å². The Morgan fingerprint density at radius 1 is 1.10 bits per heavy atom. The Balaban J connectivity index is 1.73. The molecule has 0 unspecified atom stereocenters. The van der Waals surface area contributed by atoms with Crippen LogP contribution in [-0.2, 0) is 0 Å². The molecule has 148 valence electrons. The lowest BCUT2D eigenvalue weighted by molar-refractivity contribution is 0.0696. The van der Waals surface area contributed by atoms with Crippen molar-refractivity contribution in [1.29, 1.82) is 0 Å². The number of hydrogen-bond donors (Lipinski definition) is 3. The standard InChI is InChI=1S/C20H18N4O5/c1-28-17-8-7-12(9-18(17)29-2)15-10-16(23-22-15)19(25)24-21-11-13-5-3-4-6-14(13)20(26)27/h3-11H,1-2H3,(H,22,23)(H,24,25)(H,26,27)/b21-11-. The molecule has 1 amide bonds. The van der Waals surface area contributed by atoms with Crippen LogP contribution >= 0.6 is 0 Å². The molecule has 0 radical (unpaired) electrons. The van der Waals surface area contributed by atoms with E-state index in [2.05, 4.69) is 20.7 Å². The summed E-state index contributed by atoms with van der Waals surface area (Å²) in [6.07, 6.45) is 1.27. The number of nitrogens with zero attached hydrogens (tertiary/aromatic N) is 2. The molecule has 3 aromatic rings. The number of rotatable bonds is 7. The minimum atomic E-state index is -1.08. The first-order valence-electron chi connectivity index (χ1n) is 8.47. The van der Waals surface area contributed by atoms with E-state index >= 15 is 0 Å². The van der Waals surface area contributed by atoms with Gasteiger partial charge in [0.1, 0.15) is 5.69 Å². The number of ether oxygens (including phenoxy) is 2. The molecule has 0 aliphatic heterocycles. The molecule has 9 heteroatoms. The van der Waals surface area contributed by atoms with Crippen molar-refractivity contribution in [3.05, 3.63) is 65.4 Å². The summed E-state index contributed by atoms with van der Waals surface area (Å²) in [5, 5.41) is 19.8. The number of carboxylic acids is 1. The van der Waals surface area contributed by atoms with E-state index in [9.17, 15) is 9.59 Å². The number of methoxy groups -OCH3 is 2. The number of aromatic nitrogens is 2. The quantitative estimate of drug-likeness (QED) is 0.418. The van der Waals surface area contributed by atoms with Crippen molar-refractivity contribution in [2.24, 2.45) is 5.10 Å². The van der Waals surface area contributed by atoms with Gasteiger partial charge in [0, 0.05) is 11.1 Å². The zero-order valence-corrected chi connectivity index (χ0v) is 15.7. The van der Waals surface area contributed by atoms with Crippen LogP contribution in [0.5, 0.6) is 11.5 Å². The normalized spacial score (nSPS) is 10.7. The lowest BCUT2D eigenvalue weighted by Crippen LogP contribution is -2.18. The third-order valence-electron chi connectivity index (χ3n) is 4.06. The number of amides is 1. The largest absolute Gasteiger partial charge is 0.493 e. The van der Waals surface area contributed by atoms with Crippen molar-refractivity contribution in [3.63, 3.8) is 0 Å². The molecule has 29 heavy (non-hydrogen) atoms. The van der Waals surface area contributed by atoms with E-state index in [1.54, 1.807) is 49.6 Å². The summed E-state index contributed by atoms with van der Waals surface area (Å²) in [4.78, 5) is 23.4. The highest BCUT2D eigenvalue weighted by Crippen LogP contribution is 2.31. The van der Waals surface area contributed by atoms with E-state index in [0.717, 1.165) is 5.56 Å². The van der Waals surface area contributed by atoms with Gasteiger partial charge in [-0.25, -0.2) is 10.2 Å². The number of carbonyl (C=O) groups is 2. The Bertz CT molecular complexity index is 1070. The number of aromatic carboxylic acids is 1. The van der Waals surface area contributed by atoms with Crippen LogP contribution in [-0.4, -0.2) is 47.6 Å². The number of carboxylic acid groups (broad SMARTS) is 1. The lowest BCUT2D eigenvalue weighted by Gasteiger charge is -2.08. The molecular weight excluding hydrogens is 376 g/mol. The van der Waals surface area contributed by atoms with Gasteiger partial charge in [0.2, 0.25) is 0 Å². The zero-order valence-electron chi connectivity index (χ0n) is 15.7. The van der Waals surface area contributed by atoms with Gasteiger partial charge in [0.15, 0.2) is 11.5 Å². The van der Waals surface area contributed by atoms with Crippen LogP contribution in [0.15, 0.2) is 53.6 Å². The summed E-state index contributed by atoms with van der Waals surface area (Å²) >= 11 is 0. The second kappa shape index (κ2) is 8.70. The third kappa shape index (κ3) is 4.41. The molecule has 1 heterocycles. The average molecular weight is 394 g/mol.